The lowest BCUT2D eigenvalue weighted by Crippen LogP contribution is -2.45. The van der Waals surface area contributed by atoms with Crippen molar-refractivity contribution in [1.29, 1.82) is 0 Å². The molecule has 8 nitrogen and oxygen atoms in total. The molecular weight excluding hydrogens is 326 g/mol. The number of nitrogens with zero attached hydrogens (tertiary/aromatic N) is 3. The van der Waals surface area contributed by atoms with E-state index in [4.69, 9.17) is 9.15 Å². The maximum atomic E-state index is 12.7. The molecule has 0 bridgehead atoms. The topological polar surface area (TPSA) is 96.1 Å². The van der Waals surface area contributed by atoms with Gasteiger partial charge in [-0.15, -0.1) is 0 Å². The fraction of sp³-hybridized carbons (Fsp3) is 0.706. The minimum absolute atomic E-state index is 0.0518. The minimum Gasteiger partial charge on any atom is -0.481 e. The Hall–Kier alpha value is -1.93. The molecule has 0 aliphatic carbocycles. The van der Waals surface area contributed by atoms with Crippen LogP contribution in [0.3, 0.4) is 0 Å². The highest BCUT2D eigenvalue weighted by Gasteiger charge is 2.59. The number of carboxylic acids is 1. The zero-order valence-electron chi connectivity index (χ0n) is 14.3. The van der Waals surface area contributed by atoms with E-state index < -0.39 is 11.4 Å². The lowest BCUT2D eigenvalue weighted by atomic mass is 9.81. The maximum absolute atomic E-state index is 12.7. The van der Waals surface area contributed by atoms with Gasteiger partial charge in [-0.2, -0.15) is 0 Å². The van der Waals surface area contributed by atoms with Gasteiger partial charge in [0.1, 0.15) is 11.2 Å². The molecule has 0 radical (unpaired) electrons. The normalized spacial score (nSPS) is 30.6. The highest BCUT2D eigenvalue weighted by molar-refractivity contribution is 5.94. The van der Waals surface area contributed by atoms with Crippen LogP contribution in [0.2, 0.25) is 0 Å². The average molecular weight is 349 g/mol. The molecule has 3 fully saturated rings. The number of amides is 1. The Kier molecular flexibility index (Phi) is 4.04. The predicted molar refractivity (Wildman–Crippen MR) is 86.1 cm³/mol. The van der Waals surface area contributed by atoms with Crippen molar-refractivity contribution < 1.29 is 23.8 Å². The van der Waals surface area contributed by atoms with E-state index in [2.05, 4.69) is 9.88 Å². The SMILES string of the molecule is Cc1ocnc1C(=O)N1C[C@@H]2CN(C3CCOCC3)C[C@]2(C(=O)O)C1. The number of rotatable bonds is 3. The highest BCUT2D eigenvalue weighted by Crippen LogP contribution is 2.44. The molecule has 3 aliphatic heterocycles. The second-order valence-electron chi connectivity index (χ2n) is 7.37. The number of hydrogen-bond acceptors (Lipinski definition) is 6. The number of fused-ring (bicyclic) bond motifs is 1. The molecule has 8 heteroatoms. The Morgan fingerprint density at radius 2 is 2.04 bits per heavy atom. The molecule has 136 valence electrons. The number of carbonyl (C=O) groups excluding carboxylic acids is 1. The van der Waals surface area contributed by atoms with E-state index >= 15 is 0 Å². The second kappa shape index (κ2) is 6.10. The van der Waals surface area contributed by atoms with E-state index in [9.17, 15) is 14.7 Å². The van der Waals surface area contributed by atoms with E-state index in [0.717, 1.165) is 32.6 Å². The van der Waals surface area contributed by atoms with Crippen molar-refractivity contribution in [2.45, 2.75) is 25.8 Å². The Labute approximate surface area is 145 Å². The number of aryl methyl sites for hydroxylation is 1. The van der Waals surface area contributed by atoms with E-state index in [1.54, 1.807) is 11.8 Å². The van der Waals surface area contributed by atoms with Gasteiger partial charge in [0.05, 0.1) is 0 Å². The fourth-order valence-corrected chi connectivity index (χ4v) is 4.55. The summed E-state index contributed by atoms with van der Waals surface area (Å²) in [5.74, 6) is -0.627. The van der Waals surface area contributed by atoms with Crippen molar-refractivity contribution in [2.75, 3.05) is 39.4 Å². The van der Waals surface area contributed by atoms with Gasteiger partial charge in [-0.1, -0.05) is 0 Å². The van der Waals surface area contributed by atoms with Crippen molar-refractivity contribution in [3.05, 3.63) is 17.8 Å². The first-order valence-corrected chi connectivity index (χ1v) is 8.76. The van der Waals surface area contributed by atoms with Crippen molar-refractivity contribution in [3.8, 4) is 0 Å². The zero-order valence-corrected chi connectivity index (χ0v) is 14.3. The smallest absolute Gasteiger partial charge is 0.313 e. The predicted octanol–water partition coefficient (Wildman–Crippen LogP) is 0.621. The largest absolute Gasteiger partial charge is 0.481 e. The fourth-order valence-electron chi connectivity index (χ4n) is 4.55. The van der Waals surface area contributed by atoms with E-state index in [1.165, 1.54) is 6.39 Å². The summed E-state index contributed by atoms with van der Waals surface area (Å²) in [6.45, 7) is 5.08. The monoisotopic (exact) mass is 349 g/mol. The van der Waals surface area contributed by atoms with Crippen molar-refractivity contribution in [1.82, 2.24) is 14.8 Å². The van der Waals surface area contributed by atoms with Crippen molar-refractivity contribution in [2.24, 2.45) is 11.3 Å². The Morgan fingerprint density at radius 3 is 2.64 bits per heavy atom. The number of carboxylic acid groups (broad SMARTS) is 1. The van der Waals surface area contributed by atoms with Gasteiger partial charge in [-0.3, -0.25) is 14.5 Å². The molecule has 1 N–H and O–H groups in total. The molecule has 2 atom stereocenters. The zero-order chi connectivity index (χ0) is 17.6. The van der Waals surface area contributed by atoms with Gasteiger partial charge in [0.2, 0.25) is 0 Å². The number of ether oxygens (including phenoxy) is 1. The Balaban J connectivity index is 1.52. The number of likely N-dealkylation sites (tertiary alicyclic amines) is 2. The van der Waals surface area contributed by atoms with Gasteiger partial charge < -0.3 is 19.2 Å². The van der Waals surface area contributed by atoms with Gasteiger partial charge >= 0.3 is 5.97 Å². The first kappa shape index (κ1) is 16.5. The third-order valence-corrected chi connectivity index (χ3v) is 6.00. The minimum atomic E-state index is -0.883. The van der Waals surface area contributed by atoms with Crippen LogP contribution in [0.15, 0.2) is 10.8 Å². The van der Waals surface area contributed by atoms with E-state index in [1.807, 2.05) is 0 Å². The third kappa shape index (κ3) is 2.64. The summed E-state index contributed by atoms with van der Waals surface area (Å²) in [5, 5.41) is 9.95. The molecule has 1 aromatic heterocycles. The first-order chi connectivity index (χ1) is 12.0. The molecule has 3 saturated heterocycles. The highest BCUT2D eigenvalue weighted by atomic mass is 16.5. The molecule has 1 aromatic rings. The third-order valence-electron chi connectivity index (χ3n) is 6.00. The van der Waals surface area contributed by atoms with Gasteiger partial charge in [0.25, 0.3) is 5.91 Å². The molecule has 25 heavy (non-hydrogen) atoms. The molecule has 0 aromatic carbocycles. The van der Waals surface area contributed by atoms with Crippen LogP contribution in [-0.4, -0.2) is 77.2 Å². The standard InChI is InChI=1S/C17H23N3O5/c1-11-14(18-10-25-11)15(21)20-7-12-6-19(13-2-4-24-5-3-13)8-17(12,9-20)16(22)23/h10,12-13H,2-9H2,1H3,(H,22,23)/t12-,17-/m0/s1. The molecule has 0 saturated carbocycles. The molecule has 1 amide bonds. The summed E-state index contributed by atoms with van der Waals surface area (Å²) in [5.41, 5.74) is -0.604. The molecule has 4 heterocycles. The lowest BCUT2D eigenvalue weighted by molar-refractivity contribution is -0.148. The number of oxazole rings is 1. The first-order valence-electron chi connectivity index (χ1n) is 8.76. The van der Waals surface area contributed by atoms with Gasteiger partial charge in [0, 0.05) is 51.4 Å². The van der Waals surface area contributed by atoms with Crippen LogP contribution in [0, 0.1) is 18.3 Å². The van der Waals surface area contributed by atoms with Crippen molar-refractivity contribution in [3.63, 3.8) is 0 Å². The lowest BCUT2D eigenvalue weighted by Gasteiger charge is -2.33. The van der Waals surface area contributed by atoms with Crippen LogP contribution in [-0.2, 0) is 9.53 Å². The number of aromatic nitrogens is 1. The summed E-state index contributed by atoms with van der Waals surface area (Å²) < 4.78 is 10.5. The summed E-state index contributed by atoms with van der Waals surface area (Å²) in [7, 11) is 0. The van der Waals surface area contributed by atoms with Crippen LogP contribution in [0.1, 0.15) is 29.1 Å². The van der Waals surface area contributed by atoms with Gasteiger partial charge in [-0.25, -0.2) is 4.98 Å². The summed E-state index contributed by atoms with van der Waals surface area (Å²) in [4.78, 5) is 32.7. The quantitative estimate of drug-likeness (QED) is 0.854. The summed E-state index contributed by atoms with van der Waals surface area (Å²) >= 11 is 0. The molecule has 0 unspecified atom stereocenters. The van der Waals surface area contributed by atoms with Gasteiger partial charge in [0.15, 0.2) is 12.1 Å². The summed E-state index contributed by atoms with van der Waals surface area (Å²) in [6.07, 6.45) is 3.14. The maximum Gasteiger partial charge on any atom is 0.313 e. The molecule has 3 aliphatic rings. The van der Waals surface area contributed by atoms with E-state index in [0.29, 0.717) is 24.9 Å². The van der Waals surface area contributed by atoms with Crippen LogP contribution in [0.5, 0.6) is 0 Å². The number of hydrogen-bond donors (Lipinski definition) is 1. The average Bonchev–Trinajstić information content (AvgIpc) is 3.27. The van der Waals surface area contributed by atoms with Crippen molar-refractivity contribution >= 4 is 11.9 Å². The van der Waals surface area contributed by atoms with Crippen LogP contribution < -0.4 is 0 Å². The Bertz CT molecular complexity index is 684. The molecule has 4 rings (SSSR count). The molecule has 0 spiro atoms. The van der Waals surface area contributed by atoms with Crippen LogP contribution in [0.25, 0.3) is 0 Å². The number of aliphatic carboxylic acids is 1. The summed E-state index contributed by atoms with van der Waals surface area (Å²) in [6, 6.07) is 0.387. The van der Waals surface area contributed by atoms with Crippen LogP contribution >= 0.6 is 0 Å². The molecular formula is C17H23N3O5. The van der Waals surface area contributed by atoms with Crippen LogP contribution in [0.4, 0.5) is 0 Å². The van der Waals surface area contributed by atoms with E-state index in [-0.39, 0.29) is 24.1 Å². The Morgan fingerprint density at radius 1 is 1.28 bits per heavy atom. The second-order valence-corrected chi connectivity index (χ2v) is 7.37. The number of carbonyl (C=O) groups is 2. The van der Waals surface area contributed by atoms with Gasteiger partial charge in [-0.05, 0) is 19.8 Å².